The molecule has 0 aliphatic carbocycles. The lowest BCUT2D eigenvalue weighted by Gasteiger charge is -2.20. The summed E-state index contributed by atoms with van der Waals surface area (Å²) in [6.45, 7) is 5.92. The third-order valence-electron chi connectivity index (χ3n) is 2.19. The molecule has 1 aromatic rings. The first-order chi connectivity index (χ1) is 6.86. The average Bonchev–Trinajstić information content (AvgIpc) is 2.15. The molecule has 0 radical (unpaired) electrons. The van der Waals surface area contributed by atoms with E-state index in [2.05, 4.69) is 5.18 Å². The summed E-state index contributed by atoms with van der Waals surface area (Å²) in [4.78, 5) is 21.6. The van der Waals surface area contributed by atoms with Gasteiger partial charge in [-0.2, -0.15) is 0 Å². The Morgan fingerprint density at radius 1 is 1.33 bits per heavy atom. The minimum atomic E-state index is -0.555. The lowest BCUT2D eigenvalue weighted by atomic mass is 9.85. The second-order valence-corrected chi connectivity index (χ2v) is 4.44. The highest BCUT2D eigenvalue weighted by atomic mass is 16.3. The van der Waals surface area contributed by atoms with Crippen LogP contribution >= 0.6 is 0 Å². The van der Waals surface area contributed by atoms with E-state index in [9.17, 15) is 9.70 Å². The summed E-state index contributed by atoms with van der Waals surface area (Å²) in [6.07, 6.45) is 0. The van der Waals surface area contributed by atoms with E-state index in [0.717, 1.165) is 5.56 Å². The van der Waals surface area contributed by atoms with Gasteiger partial charge >= 0.3 is 0 Å². The molecule has 0 aliphatic rings. The van der Waals surface area contributed by atoms with Gasteiger partial charge in [-0.05, 0) is 28.3 Å². The van der Waals surface area contributed by atoms with Gasteiger partial charge in [-0.15, -0.1) is 4.91 Å². The molecule has 4 heteroatoms. The number of carbonyl (C=O) groups is 1. The average molecular weight is 206 g/mol. The zero-order valence-corrected chi connectivity index (χ0v) is 9.07. The number of nitroso groups, excluding NO2 is 1. The summed E-state index contributed by atoms with van der Waals surface area (Å²) < 4.78 is 0. The molecule has 1 rings (SSSR count). The fourth-order valence-electron chi connectivity index (χ4n) is 1.39. The number of benzene rings is 1. The summed E-state index contributed by atoms with van der Waals surface area (Å²) in [5, 5.41) is 2.92. The molecule has 2 N–H and O–H groups in total. The first-order valence-corrected chi connectivity index (χ1v) is 4.64. The van der Waals surface area contributed by atoms with E-state index in [4.69, 9.17) is 5.73 Å². The summed E-state index contributed by atoms with van der Waals surface area (Å²) in [7, 11) is 0. The molecule has 80 valence electrons. The molecule has 0 bridgehead atoms. The van der Waals surface area contributed by atoms with E-state index in [1.807, 2.05) is 20.8 Å². The Labute approximate surface area is 88.5 Å². The summed E-state index contributed by atoms with van der Waals surface area (Å²) in [5.41, 5.74) is 6.32. The highest BCUT2D eigenvalue weighted by Gasteiger charge is 2.19. The maximum Gasteiger partial charge on any atom is 0.248 e. The summed E-state index contributed by atoms with van der Waals surface area (Å²) in [5.74, 6) is -0.555. The van der Waals surface area contributed by atoms with Crippen LogP contribution in [0.2, 0.25) is 0 Å². The van der Waals surface area contributed by atoms with Crippen LogP contribution in [0.1, 0.15) is 36.7 Å². The van der Waals surface area contributed by atoms with Gasteiger partial charge in [0.15, 0.2) is 0 Å². The number of hydrogen-bond acceptors (Lipinski definition) is 3. The van der Waals surface area contributed by atoms with Crippen LogP contribution in [0.4, 0.5) is 5.69 Å². The number of hydrogen-bond donors (Lipinski definition) is 1. The fourth-order valence-corrected chi connectivity index (χ4v) is 1.39. The normalized spacial score (nSPS) is 11.1. The van der Waals surface area contributed by atoms with E-state index < -0.39 is 5.91 Å². The second-order valence-electron chi connectivity index (χ2n) is 4.44. The number of primary amides is 1. The van der Waals surface area contributed by atoms with Crippen molar-refractivity contribution in [3.8, 4) is 0 Å². The van der Waals surface area contributed by atoms with E-state index in [1.165, 1.54) is 6.07 Å². The quantitative estimate of drug-likeness (QED) is 0.755. The molecule has 0 spiro atoms. The van der Waals surface area contributed by atoms with Gasteiger partial charge in [-0.3, -0.25) is 4.79 Å². The van der Waals surface area contributed by atoms with Crippen LogP contribution in [0.3, 0.4) is 0 Å². The van der Waals surface area contributed by atoms with E-state index >= 15 is 0 Å². The van der Waals surface area contributed by atoms with Crippen molar-refractivity contribution in [2.24, 2.45) is 10.9 Å². The minimum absolute atomic E-state index is 0.181. The van der Waals surface area contributed by atoms with E-state index in [1.54, 1.807) is 12.1 Å². The molecule has 1 aromatic carbocycles. The molecule has 0 fully saturated rings. The van der Waals surface area contributed by atoms with Crippen molar-refractivity contribution in [1.82, 2.24) is 0 Å². The van der Waals surface area contributed by atoms with Gasteiger partial charge in [0.1, 0.15) is 5.69 Å². The largest absolute Gasteiger partial charge is 0.366 e. The van der Waals surface area contributed by atoms with Crippen LogP contribution < -0.4 is 5.73 Å². The number of carbonyl (C=O) groups excluding carboxylic acids is 1. The van der Waals surface area contributed by atoms with Crippen LogP contribution in [0, 0.1) is 4.91 Å². The molecule has 0 heterocycles. The molecule has 15 heavy (non-hydrogen) atoms. The van der Waals surface area contributed by atoms with Crippen LogP contribution in [0.15, 0.2) is 23.4 Å². The maximum atomic E-state index is 10.9. The first kappa shape index (κ1) is 11.4. The number of rotatable bonds is 2. The second kappa shape index (κ2) is 3.81. The Hall–Kier alpha value is -1.71. The standard InChI is InChI=1S/C11H14N2O2/c1-11(2,3)8-5-4-7(10(12)14)6-9(8)13-15/h4-6H,1-3H3,(H2,12,14). The Balaban J connectivity index is 3.33. The Bertz CT molecular complexity index is 406. The van der Waals surface area contributed by atoms with Crippen molar-refractivity contribution in [2.45, 2.75) is 26.2 Å². The van der Waals surface area contributed by atoms with Crippen LogP contribution in [-0.4, -0.2) is 5.91 Å². The highest BCUT2D eigenvalue weighted by molar-refractivity contribution is 5.93. The van der Waals surface area contributed by atoms with Crippen molar-refractivity contribution >= 4 is 11.6 Å². The third-order valence-corrected chi connectivity index (χ3v) is 2.19. The number of amides is 1. The molecule has 0 unspecified atom stereocenters. The lowest BCUT2D eigenvalue weighted by Crippen LogP contribution is -2.14. The maximum absolute atomic E-state index is 10.9. The van der Waals surface area contributed by atoms with Crippen LogP contribution in [0.25, 0.3) is 0 Å². The zero-order valence-electron chi connectivity index (χ0n) is 9.07. The van der Waals surface area contributed by atoms with Gasteiger partial charge in [-0.1, -0.05) is 26.8 Å². The van der Waals surface area contributed by atoms with Gasteiger partial charge in [0.25, 0.3) is 0 Å². The molecule has 0 atom stereocenters. The topological polar surface area (TPSA) is 72.5 Å². The van der Waals surface area contributed by atoms with Crippen molar-refractivity contribution in [3.05, 3.63) is 34.2 Å². The molecular formula is C11H14N2O2. The number of nitrogens with two attached hydrogens (primary N) is 1. The predicted molar refractivity (Wildman–Crippen MR) is 59.1 cm³/mol. The third kappa shape index (κ3) is 2.40. The van der Waals surface area contributed by atoms with Gasteiger partial charge < -0.3 is 5.73 Å². The predicted octanol–water partition coefficient (Wildman–Crippen LogP) is 2.48. The highest BCUT2D eigenvalue weighted by Crippen LogP contribution is 2.31. The van der Waals surface area contributed by atoms with Crippen molar-refractivity contribution in [1.29, 1.82) is 0 Å². The van der Waals surface area contributed by atoms with Gasteiger partial charge in [0, 0.05) is 5.56 Å². The van der Waals surface area contributed by atoms with Crippen molar-refractivity contribution < 1.29 is 4.79 Å². The zero-order chi connectivity index (χ0) is 11.6. The first-order valence-electron chi connectivity index (χ1n) is 4.64. The van der Waals surface area contributed by atoms with Gasteiger partial charge in [0.2, 0.25) is 5.91 Å². The molecule has 0 saturated heterocycles. The van der Waals surface area contributed by atoms with Gasteiger partial charge in [-0.25, -0.2) is 0 Å². The smallest absolute Gasteiger partial charge is 0.248 e. The SMILES string of the molecule is CC(C)(C)c1ccc(C(N)=O)cc1N=O. The Kier molecular flexibility index (Phi) is 2.88. The summed E-state index contributed by atoms with van der Waals surface area (Å²) in [6, 6.07) is 4.75. The van der Waals surface area contributed by atoms with Gasteiger partial charge in [0.05, 0.1) is 0 Å². The molecule has 4 nitrogen and oxygen atoms in total. The molecule has 0 aromatic heterocycles. The molecular weight excluding hydrogens is 192 g/mol. The van der Waals surface area contributed by atoms with Crippen molar-refractivity contribution in [3.63, 3.8) is 0 Å². The van der Waals surface area contributed by atoms with E-state index in [0.29, 0.717) is 5.56 Å². The fraction of sp³-hybridized carbons (Fsp3) is 0.364. The van der Waals surface area contributed by atoms with Crippen molar-refractivity contribution in [2.75, 3.05) is 0 Å². The molecule has 1 amide bonds. The van der Waals surface area contributed by atoms with Crippen LogP contribution in [0.5, 0.6) is 0 Å². The minimum Gasteiger partial charge on any atom is -0.366 e. The Morgan fingerprint density at radius 2 is 1.93 bits per heavy atom. The number of nitrogens with zero attached hydrogens (tertiary/aromatic N) is 1. The molecule has 0 saturated carbocycles. The lowest BCUT2D eigenvalue weighted by molar-refractivity contribution is 0.100. The molecule has 0 aliphatic heterocycles. The monoisotopic (exact) mass is 206 g/mol. The van der Waals surface area contributed by atoms with Crippen LogP contribution in [-0.2, 0) is 5.41 Å². The van der Waals surface area contributed by atoms with E-state index in [-0.39, 0.29) is 11.1 Å². The summed E-state index contributed by atoms with van der Waals surface area (Å²) >= 11 is 0. The Morgan fingerprint density at radius 3 is 2.33 bits per heavy atom.